The maximum atomic E-state index is 13.4. The minimum absolute atomic E-state index is 0.0702. The Labute approximate surface area is 197 Å². The number of nitrogens with zero attached hydrogens (tertiary/aromatic N) is 6. The lowest BCUT2D eigenvalue weighted by Crippen LogP contribution is -2.44. The summed E-state index contributed by atoms with van der Waals surface area (Å²) >= 11 is 6.02. The monoisotopic (exact) mass is 468 g/mol. The second kappa shape index (κ2) is 9.63. The fraction of sp³-hybridized carbons (Fsp3) is 0.435. The van der Waals surface area contributed by atoms with Gasteiger partial charge in [-0.15, -0.1) is 0 Å². The van der Waals surface area contributed by atoms with Crippen molar-refractivity contribution in [2.45, 2.75) is 24.8 Å². The minimum atomic E-state index is -1.01. The lowest BCUT2D eigenvalue weighted by Gasteiger charge is -2.33. The largest absolute Gasteiger partial charge is 0.465 e. The molecule has 0 spiro atoms. The molecule has 2 aliphatic heterocycles. The number of rotatable bonds is 4. The molecule has 2 fully saturated rings. The van der Waals surface area contributed by atoms with Gasteiger partial charge in [0.15, 0.2) is 5.69 Å². The highest BCUT2D eigenvalue weighted by Crippen LogP contribution is 2.33. The van der Waals surface area contributed by atoms with Crippen LogP contribution in [0.2, 0.25) is 5.02 Å². The second-order valence-corrected chi connectivity index (χ2v) is 8.93. The summed E-state index contributed by atoms with van der Waals surface area (Å²) in [5.41, 5.74) is 1.25. The molecule has 1 N–H and O–H groups in total. The molecule has 172 valence electrons. The molecule has 0 saturated carbocycles. The van der Waals surface area contributed by atoms with Gasteiger partial charge in [-0.2, -0.15) is 5.26 Å². The van der Waals surface area contributed by atoms with Crippen LogP contribution in [0, 0.1) is 17.2 Å². The number of amides is 2. The van der Waals surface area contributed by atoms with Gasteiger partial charge < -0.3 is 19.8 Å². The van der Waals surface area contributed by atoms with E-state index in [1.165, 1.54) is 11.1 Å². The Bertz CT molecular complexity index is 1050. The first kappa shape index (κ1) is 22.8. The van der Waals surface area contributed by atoms with Gasteiger partial charge in [-0.1, -0.05) is 23.7 Å². The summed E-state index contributed by atoms with van der Waals surface area (Å²) in [5.74, 6) is 0.543. The predicted octanol–water partition coefficient (Wildman–Crippen LogP) is 2.82. The fourth-order valence-electron chi connectivity index (χ4n) is 4.69. The number of likely N-dealkylation sites (tertiary alicyclic amines) is 1. The van der Waals surface area contributed by atoms with Crippen LogP contribution in [-0.4, -0.2) is 76.1 Å². The number of carbonyl (C=O) groups is 2. The third kappa shape index (κ3) is 4.86. The van der Waals surface area contributed by atoms with E-state index in [-0.39, 0.29) is 29.5 Å². The molecule has 4 rings (SSSR count). The highest BCUT2D eigenvalue weighted by Gasteiger charge is 2.42. The number of anilines is 1. The smallest absolute Gasteiger partial charge is 0.407 e. The van der Waals surface area contributed by atoms with Gasteiger partial charge in [0.2, 0.25) is 5.91 Å². The lowest BCUT2D eigenvalue weighted by atomic mass is 9.93. The number of carbonyl (C=O) groups excluding carboxylic acids is 1. The number of benzene rings is 1. The molecule has 1 aromatic heterocycles. The normalized spacial score (nSPS) is 21.0. The number of piperidine rings is 1. The molecule has 0 bridgehead atoms. The highest BCUT2D eigenvalue weighted by molar-refractivity contribution is 6.30. The van der Waals surface area contributed by atoms with Crippen LogP contribution in [0.4, 0.5) is 10.6 Å². The van der Waals surface area contributed by atoms with Crippen LogP contribution in [0.25, 0.3) is 0 Å². The van der Waals surface area contributed by atoms with Gasteiger partial charge in [0.25, 0.3) is 0 Å². The van der Waals surface area contributed by atoms with E-state index in [4.69, 9.17) is 16.9 Å². The Morgan fingerprint density at radius 1 is 1.15 bits per heavy atom. The van der Waals surface area contributed by atoms with Gasteiger partial charge in [0.1, 0.15) is 11.9 Å². The zero-order chi connectivity index (χ0) is 23.5. The van der Waals surface area contributed by atoms with Crippen LogP contribution in [0.5, 0.6) is 0 Å². The van der Waals surface area contributed by atoms with E-state index in [1.807, 2.05) is 23.1 Å². The first-order chi connectivity index (χ1) is 15.9. The van der Waals surface area contributed by atoms with Crippen molar-refractivity contribution in [3.8, 4) is 6.07 Å². The molecule has 3 heterocycles. The molecule has 2 amide bonds. The summed E-state index contributed by atoms with van der Waals surface area (Å²) in [6.07, 6.45) is 3.39. The molecule has 2 atom stereocenters. The molecule has 2 aliphatic rings. The zero-order valence-electron chi connectivity index (χ0n) is 18.3. The molecule has 1 aromatic carbocycles. The minimum Gasteiger partial charge on any atom is -0.465 e. The van der Waals surface area contributed by atoms with Gasteiger partial charge in [-0.25, -0.2) is 14.8 Å². The van der Waals surface area contributed by atoms with Crippen LogP contribution >= 0.6 is 11.6 Å². The van der Waals surface area contributed by atoms with Crippen molar-refractivity contribution in [2.24, 2.45) is 5.92 Å². The Balaban J connectivity index is 1.43. The van der Waals surface area contributed by atoms with Gasteiger partial charge in [-0.05, 0) is 30.5 Å². The molecule has 10 heteroatoms. The molecule has 9 nitrogen and oxygen atoms in total. The van der Waals surface area contributed by atoms with Crippen LogP contribution in [0.1, 0.15) is 30.0 Å². The molecule has 2 saturated heterocycles. The van der Waals surface area contributed by atoms with Crippen LogP contribution < -0.4 is 4.90 Å². The first-order valence-corrected chi connectivity index (χ1v) is 11.2. The summed E-state index contributed by atoms with van der Waals surface area (Å²) in [6, 6.07) is 9.03. The Morgan fingerprint density at radius 2 is 1.85 bits per heavy atom. The van der Waals surface area contributed by atoms with E-state index in [9.17, 15) is 14.7 Å². The second-order valence-electron chi connectivity index (χ2n) is 8.50. The van der Waals surface area contributed by atoms with Gasteiger partial charge in [0.05, 0.1) is 18.4 Å². The standard InChI is InChI=1S/C23H25ClN6O3/c1-28(23(32)33)20-14-30(13-19(20)15-2-4-17(24)5-3-15)22(31)16-6-8-29(9-7-16)21-12-26-18(10-25)11-27-21/h2-5,11-12,16,19-20H,6-9,13-14H2,1H3,(H,32,33)/t19-,20+/m0/s1. The quantitative estimate of drug-likeness (QED) is 0.733. The highest BCUT2D eigenvalue weighted by atomic mass is 35.5. The lowest BCUT2D eigenvalue weighted by molar-refractivity contribution is -0.135. The topological polar surface area (TPSA) is 114 Å². The molecule has 0 aliphatic carbocycles. The first-order valence-electron chi connectivity index (χ1n) is 10.8. The number of aromatic nitrogens is 2. The number of halogens is 1. The average molecular weight is 469 g/mol. The molecule has 2 aromatic rings. The van der Waals surface area contributed by atoms with Crippen molar-refractivity contribution < 1.29 is 14.7 Å². The van der Waals surface area contributed by atoms with E-state index < -0.39 is 6.09 Å². The Kier molecular flexibility index (Phi) is 6.65. The van der Waals surface area contributed by atoms with E-state index >= 15 is 0 Å². The van der Waals surface area contributed by atoms with Crippen molar-refractivity contribution in [3.63, 3.8) is 0 Å². The average Bonchev–Trinajstić information content (AvgIpc) is 3.29. The molecular weight excluding hydrogens is 444 g/mol. The maximum Gasteiger partial charge on any atom is 0.407 e. The SMILES string of the molecule is CN(C(=O)O)[C@@H]1CN(C(=O)C2CCN(c3cnc(C#N)cn3)CC2)C[C@H]1c1ccc(Cl)cc1. The summed E-state index contributed by atoms with van der Waals surface area (Å²) < 4.78 is 0. The number of likely N-dealkylation sites (N-methyl/N-ethyl adjacent to an activating group) is 1. The third-order valence-electron chi connectivity index (χ3n) is 6.62. The predicted molar refractivity (Wildman–Crippen MR) is 122 cm³/mol. The Hall–Kier alpha value is -3.38. The van der Waals surface area contributed by atoms with Crippen molar-refractivity contribution in [2.75, 3.05) is 38.1 Å². The van der Waals surface area contributed by atoms with Crippen molar-refractivity contribution in [1.29, 1.82) is 5.26 Å². The molecular formula is C23H25ClN6O3. The van der Waals surface area contributed by atoms with Crippen molar-refractivity contribution >= 4 is 29.4 Å². The maximum absolute atomic E-state index is 13.4. The molecule has 0 unspecified atom stereocenters. The van der Waals surface area contributed by atoms with Crippen LogP contribution in [0.15, 0.2) is 36.7 Å². The van der Waals surface area contributed by atoms with Crippen LogP contribution in [0.3, 0.4) is 0 Å². The summed E-state index contributed by atoms with van der Waals surface area (Å²) in [7, 11) is 1.56. The Morgan fingerprint density at radius 3 is 2.42 bits per heavy atom. The van der Waals surface area contributed by atoms with Crippen LogP contribution in [-0.2, 0) is 4.79 Å². The fourth-order valence-corrected chi connectivity index (χ4v) is 4.82. The number of carboxylic acid groups (broad SMARTS) is 1. The van der Waals surface area contributed by atoms with E-state index in [0.29, 0.717) is 49.9 Å². The third-order valence-corrected chi connectivity index (χ3v) is 6.87. The van der Waals surface area contributed by atoms with E-state index in [0.717, 1.165) is 5.56 Å². The van der Waals surface area contributed by atoms with E-state index in [1.54, 1.807) is 25.4 Å². The van der Waals surface area contributed by atoms with Gasteiger partial charge in [0, 0.05) is 50.1 Å². The molecule has 0 radical (unpaired) electrons. The van der Waals surface area contributed by atoms with Gasteiger partial charge in [-0.3, -0.25) is 4.79 Å². The number of hydrogen-bond donors (Lipinski definition) is 1. The summed E-state index contributed by atoms with van der Waals surface area (Å²) in [6.45, 7) is 2.19. The zero-order valence-corrected chi connectivity index (χ0v) is 19.0. The van der Waals surface area contributed by atoms with E-state index in [2.05, 4.69) is 14.9 Å². The number of hydrogen-bond acceptors (Lipinski definition) is 6. The van der Waals surface area contributed by atoms with Crippen molar-refractivity contribution in [1.82, 2.24) is 19.8 Å². The van der Waals surface area contributed by atoms with Gasteiger partial charge >= 0.3 is 6.09 Å². The van der Waals surface area contributed by atoms with Crippen molar-refractivity contribution in [3.05, 3.63) is 52.9 Å². The number of nitriles is 1. The summed E-state index contributed by atoms with van der Waals surface area (Å²) in [5, 5.41) is 19.1. The summed E-state index contributed by atoms with van der Waals surface area (Å²) in [4.78, 5) is 38.6. The molecule has 33 heavy (non-hydrogen) atoms.